The van der Waals surface area contributed by atoms with Crippen LogP contribution in [-0.4, -0.2) is 28.9 Å². The summed E-state index contributed by atoms with van der Waals surface area (Å²) in [5.41, 5.74) is 4.24. The van der Waals surface area contributed by atoms with Crippen LogP contribution in [0.5, 0.6) is 0 Å². The van der Waals surface area contributed by atoms with E-state index in [2.05, 4.69) is 24.9 Å². The molecule has 0 fully saturated rings. The molecule has 1 heterocycles. The molecule has 0 unspecified atom stereocenters. The summed E-state index contributed by atoms with van der Waals surface area (Å²) in [7, 11) is 0. The van der Waals surface area contributed by atoms with Gasteiger partial charge in [0.1, 0.15) is 0 Å². The predicted octanol–water partition coefficient (Wildman–Crippen LogP) is 4.04. The molecule has 0 saturated carbocycles. The van der Waals surface area contributed by atoms with Crippen molar-refractivity contribution in [1.82, 2.24) is 9.88 Å². The molecule has 0 spiro atoms. The number of amides is 1. The molecule has 0 atom stereocenters. The quantitative estimate of drug-likeness (QED) is 0.806. The van der Waals surface area contributed by atoms with E-state index in [4.69, 9.17) is 0 Å². The Kier molecular flexibility index (Phi) is 5.53. The van der Waals surface area contributed by atoms with Crippen LogP contribution in [0.4, 0.5) is 0 Å². The van der Waals surface area contributed by atoms with E-state index in [9.17, 15) is 4.79 Å². The molecular formula is C19H26N2O. The number of unbranched alkanes of at least 4 members (excludes halogenated alkanes) is 1. The summed E-state index contributed by atoms with van der Waals surface area (Å²) in [5, 5.41) is 1.15. The molecule has 0 aliphatic carbocycles. The van der Waals surface area contributed by atoms with Crippen molar-refractivity contribution >= 4 is 16.8 Å². The van der Waals surface area contributed by atoms with Crippen LogP contribution in [0.3, 0.4) is 0 Å². The number of likely N-dealkylation sites (N-methyl/N-ethyl adjacent to an activating group) is 1. The van der Waals surface area contributed by atoms with Gasteiger partial charge in [-0.05, 0) is 44.4 Å². The fourth-order valence-corrected chi connectivity index (χ4v) is 2.90. The monoisotopic (exact) mass is 298 g/mol. The molecule has 0 saturated heterocycles. The lowest BCUT2D eigenvalue weighted by Gasteiger charge is -2.22. The van der Waals surface area contributed by atoms with E-state index in [1.54, 1.807) is 0 Å². The van der Waals surface area contributed by atoms with Gasteiger partial charge < -0.3 is 4.90 Å². The molecular weight excluding hydrogens is 272 g/mol. The molecule has 1 aromatic heterocycles. The molecule has 118 valence electrons. The summed E-state index contributed by atoms with van der Waals surface area (Å²) >= 11 is 0. The second-order valence-corrected chi connectivity index (χ2v) is 5.82. The molecule has 2 rings (SSSR count). The summed E-state index contributed by atoms with van der Waals surface area (Å²) < 4.78 is 0. The van der Waals surface area contributed by atoms with Gasteiger partial charge in [0.05, 0.1) is 11.9 Å². The molecule has 0 bridgehead atoms. The number of carbonyl (C=O) groups excluding carboxylic acids is 1. The first-order valence-electron chi connectivity index (χ1n) is 8.21. The standard InChI is InChI=1S/C19H26N2O/c1-5-7-12-21(6-2)19(22)13-17-14(3)16-10-8-9-11-18(16)20-15(17)4/h8-11H,5-7,12-13H2,1-4H3. The molecule has 1 amide bonds. The molecule has 1 aromatic carbocycles. The molecule has 0 N–H and O–H groups in total. The first-order chi connectivity index (χ1) is 10.6. The highest BCUT2D eigenvalue weighted by Gasteiger charge is 2.16. The van der Waals surface area contributed by atoms with E-state index >= 15 is 0 Å². The highest BCUT2D eigenvalue weighted by Crippen LogP contribution is 2.23. The van der Waals surface area contributed by atoms with Gasteiger partial charge in [0.2, 0.25) is 5.91 Å². The molecule has 3 nitrogen and oxygen atoms in total. The number of aromatic nitrogens is 1. The number of fused-ring (bicyclic) bond motifs is 1. The van der Waals surface area contributed by atoms with Gasteiger partial charge in [0, 0.05) is 24.2 Å². The Balaban J connectivity index is 2.29. The Hall–Kier alpha value is -1.90. The first kappa shape index (κ1) is 16.5. The van der Waals surface area contributed by atoms with E-state index in [1.807, 2.05) is 36.9 Å². The minimum atomic E-state index is 0.208. The first-order valence-corrected chi connectivity index (χ1v) is 8.21. The van der Waals surface area contributed by atoms with Gasteiger partial charge in [-0.3, -0.25) is 9.78 Å². The maximum atomic E-state index is 12.6. The molecule has 0 radical (unpaired) electrons. The largest absolute Gasteiger partial charge is 0.343 e. The van der Waals surface area contributed by atoms with Gasteiger partial charge in [0.15, 0.2) is 0 Å². The zero-order valence-corrected chi connectivity index (χ0v) is 14.1. The zero-order valence-electron chi connectivity index (χ0n) is 14.1. The molecule has 22 heavy (non-hydrogen) atoms. The highest BCUT2D eigenvalue weighted by atomic mass is 16.2. The van der Waals surface area contributed by atoms with Gasteiger partial charge in [0.25, 0.3) is 0 Å². The van der Waals surface area contributed by atoms with Crippen molar-refractivity contribution in [1.29, 1.82) is 0 Å². The summed E-state index contributed by atoms with van der Waals surface area (Å²) in [4.78, 5) is 19.2. The Morgan fingerprint density at radius 2 is 1.91 bits per heavy atom. The number of para-hydroxylation sites is 1. The van der Waals surface area contributed by atoms with Crippen LogP contribution >= 0.6 is 0 Å². The zero-order chi connectivity index (χ0) is 16.1. The SMILES string of the molecule is CCCCN(CC)C(=O)Cc1c(C)nc2ccccc2c1C. The Morgan fingerprint density at radius 3 is 2.59 bits per heavy atom. The van der Waals surface area contributed by atoms with Gasteiger partial charge in [-0.1, -0.05) is 31.5 Å². The van der Waals surface area contributed by atoms with Crippen molar-refractivity contribution in [2.75, 3.05) is 13.1 Å². The van der Waals surface area contributed by atoms with Gasteiger partial charge in [-0.15, -0.1) is 0 Å². The van der Waals surface area contributed by atoms with Crippen molar-refractivity contribution in [3.05, 3.63) is 41.1 Å². The Bertz CT molecular complexity index is 664. The Morgan fingerprint density at radius 1 is 1.18 bits per heavy atom. The minimum Gasteiger partial charge on any atom is -0.343 e. The maximum absolute atomic E-state index is 12.6. The topological polar surface area (TPSA) is 33.2 Å². The van der Waals surface area contributed by atoms with E-state index in [0.717, 1.165) is 48.1 Å². The number of hydrogen-bond donors (Lipinski definition) is 0. The predicted molar refractivity (Wildman–Crippen MR) is 92.1 cm³/mol. The smallest absolute Gasteiger partial charge is 0.227 e. The number of aryl methyl sites for hydroxylation is 2. The second kappa shape index (κ2) is 7.39. The summed E-state index contributed by atoms with van der Waals surface area (Å²) in [6.07, 6.45) is 2.62. The fraction of sp³-hybridized carbons (Fsp3) is 0.474. The van der Waals surface area contributed by atoms with E-state index in [-0.39, 0.29) is 5.91 Å². The normalized spacial score (nSPS) is 10.9. The van der Waals surface area contributed by atoms with Crippen molar-refractivity contribution < 1.29 is 4.79 Å². The van der Waals surface area contributed by atoms with Gasteiger partial charge in [-0.2, -0.15) is 0 Å². The molecule has 0 aliphatic heterocycles. The van der Waals surface area contributed by atoms with Gasteiger partial charge >= 0.3 is 0 Å². The summed E-state index contributed by atoms with van der Waals surface area (Å²) in [5.74, 6) is 0.208. The lowest BCUT2D eigenvalue weighted by molar-refractivity contribution is -0.130. The van der Waals surface area contributed by atoms with Crippen LogP contribution in [0, 0.1) is 13.8 Å². The maximum Gasteiger partial charge on any atom is 0.227 e. The number of rotatable bonds is 6. The van der Waals surface area contributed by atoms with E-state index in [0.29, 0.717) is 6.42 Å². The third kappa shape index (κ3) is 3.46. The Labute approximate surface area is 133 Å². The second-order valence-electron chi connectivity index (χ2n) is 5.82. The lowest BCUT2D eigenvalue weighted by atomic mass is 9.99. The van der Waals surface area contributed by atoms with Crippen molar-refractivity contribution in [2.45, 2.75) is 47.0 Å². The number of carbonyl (C=O) groups is 1. The third-order valence-corrected chi connectivity index (χ3v) is 4.33. The number of pyridine rings is 1. The number of benzene rings is 1. The fourth-order valence-electron chi connectivity index (χ4n) is 2.90. The van der Waals surface area contributed by atoms with Crippen LogP contribution in [-0.2, 0) is 11.2 Å². The highest BCUT2D eigenvalue weighted by molar-refractivity contribution is 5.86. The average molecular weight is 298 g/mol. The number of hydrogen-bond acceptors (Lipinski definition) is 2. The number of nitrogens with zero attached hydrogens (tertiary/aromatic N) is 2. The third-order valence-electron chi connectivity index (χ3n) is 4.33. The van der Waals surface area contributed by atoms with Crippen LogP contribution in [0.15, 0.2) is 24.3 Å². The molecule has 3 heteroatoms. The van der Waals surface area contributed by atoms with Gasteiger partial charge in [-0.25, -0.2) is 0 Å². The lowest BCUT2D eigenvalue weighted by Crippen LogP contribution is -2.33. The average Bonchev–Trinajstić information content (AvgIpc) is 2.52. The van der Waals surface area contributed by atoms with Crippen molar-refractivity contribution in [3.8, 4) is 0 Å². The molecule has 2 aromatic rings. The summed E-state index contributed by atoms with van der Waals surface area (Å²) in [6.45, 7) is 9.93. The van der Waals surface area contributed by atoms with Crippen LogP contribution in [0.2, 0.25) is 0 Å². The van der Waals surface area contributed by atoms with Crippen LogP contribution in [0.1, 0.15) is 43.5 Å². The summed E-state index contributed by atoms with van der Waals surface area (Å²) in [6, 6.07) is 8.14. The van der Waals surface area contributed by atoms with Crippen molar-refractivity contribution in [2.24, 2.45) is 0 Å². The van der Waals surface area contributed by atoms with Crippen LogP contribution in [0.25, 0.3) is 10.9 Å². The van der Waals surface area contributed by atoms with Crippen LogP contribution < -0.4 is 0 Å². The van der Waals surface area contributed by atoms with Crippen molar-refractivity contribution in [3.63, 3.8) is 0 Å². The van der Waals surface area contributed by atoms with E-state index in [1.165, 1.54) is 5.56 Å². The minimum absolute atomic E-state index is 0.208. The molecule has 0 aliphatic rings. The van der Waals surface area contributed by atoms with E-state index < -0.39 is 0 Å².